The average molecular weight is 363 g/mol. The first-order chi connectivity index (χ1) is 10.4. The van der Waals surface area contributed by atoms with Crippen molar-refractivity contribution in [2.75, 3.05) is 12.9 Å². The number of rotatable bonds is 9. The summed E-state index contributed by atoms with van der Waals surface area (Å²) in [4.78, 5) is 0. The van der Waals surface area contributed by atoms with Gasteiger partial charge in [0.15, 0.2) is 8.32 Å². The van der Waals surface area contributed by atoms with Crippen LogP contribution in [-0.4, -0.2) is 35.7 Å². The second kappa shape index (κ2) is 9.82. The highest BCUT2D eigenvalue weighted by molar-refractivity contribution is 7.86. The summed E-state index contributed by atoms with van der Waals surface area (Å²) in [6.45, 7) is 13.5. The molecule has 0 aromatic carbocycles. The molecule has 0 heterocycles. The van der Waals surface area contributed by atoms with Crippen LogP contribution in [-0.2, 0) is 18.7 Å². The first-order valence-electron chi connectivity index (χ1n) is 8.39. The summed E-state index contributed by atoms with van der Waals surface area (Å²) in [7, 11) is -5.34. The van der Waals surface area contributed by atoms with Crippen molar-refractivity contribution in [2.45, 2.75) is 84.0 Å². The van der Waals surface area contributed by atoms with Crippen molar-refractivity contribution in [3.8, 4) is 11.8 Å². The van der Waals surface area contributed by atoms with Crippen LogP contribution in [0.1, 0.15) is 59.8 Å². The Bertz CT molecular complexity index is 495. The molecule has 6 heteroatoms. The van der Waals surface area contributed by atoms with Crippen molar-refractivity contribution in [1.82, 2.24) is 0 Å². The summed E-state index contributed by atoms with van der Waals surface area (Å²) < 4.78 is 33.9. The first kappa shape index (κ1) is 22.6. The molecule has 0 bridgehead atoms. The highest BCUT2D eigenvalue weighted by atomic mass is 32.2. The van der Waals surface area contributed by atoms with Gasteiger partial charge in [0, 0.05) is 19.4 Å². The molecule has 4 nitrogen and oxygen atoms in total. The number of hydrogen-bond acceptors (Lipinski definition) is 4. The second-order valence-corrected chi connectivity index (χ2v) is 13.9. The molecule has 0 spiro atoms. The molecule has 23 heavy (non-hydrogen) atoms. The average Bonchev–Trinajstić information content (AvgIpc) is 2.34. The van der Waals surface area contributed by atoms with Crippen LogP contribution in [0.15, 0.2) is 0 Å². The minimum Gasteiger partial charge on any atom is -0.417 e. The van der Waals surface area contributed by atoms with Crippen molar-refractivity contribution in [2.24, 2.45) is 0 Å². The zero-order valence-corrected chi connectivity index (χ0v) is 17.7. The van der Waals surface area contributed by atoms with E-state index in [0.717, 1.165) is 31.9 Å². The summed E-state index contributed by atoms with van der Waals surface area (Å²) in [5.74, 6) is 5.98. The van der Waals surface area contributed by atoms with E-state index in [1.54, 1.807) is 0 Å². The third-order valence-corrected chi connectivity index (χ3v) is 9.23. The van der Waals surface area contributed by atoms with E-state index < -0.39 is 24.5 Å². The fourth-order valence-corrected chi connectivity index (χ4v) is 3.27. The third kappa shape index (κ3) is 10.9. The summed E-state index contributed by atoms with van der Waals surface area (Å²) in [5.41, 5.74) is 0. The smallest absolute Gasteiger partial charge is 0.265 e. The number of unbranched alkanes of at least 4 members (excludes halogenated alkanes) is 3. The van der Waals surface area contributed by atoms with E-state index in [4.69, 9.17) is 8.61 Å². The van der Waals surface area contributed by atoms with Crippen LogP contribution in [0.5, 0.6) is 0 Å². The van der Waals surface area contributed by atoms with E-state index in [-0.39, 0.29) is 5.04 Å². The van der Waals surface area contributed by atoms with Crippen LogP contribution >= 0.6 is 0 Å². The molecule has 0 N–H and O–H groups in total. The first-order valence-corrected chi connectivity index (χ1v) is 13.1. The lowest BCUT2D eigenvalue weighted by Crippen LogP contribution is -2.41. The van der Waals surface area contributed by atoms with Crippen LogP contribution in [0.4, 0.5) is 0 Å². The van der Waals surface area contributed by atoms with Crippen LogP contribution in [0, 0.1) is 11.8 Å². The topological polar surface area (TPSA) is 52.6 Å². The monoisotopic (exact) mass is 362 g/mol. The molecular weight excluding hydrogens is 328 g/mol. The van der Waals surface area contributed by atoms with E-state index in [1.807, 2.05) is 0 Å². The van der Waals surface area contributed by atoms with Gasteiger partial charge >= 0.3 is 0 Å². The molecule has 136 valence electrons. The summed E-state index contributed by atoms with van der Waals surface area (Å²) >= 11 is 0. The van der Waals surface area contributed by atoms with Crippen LogP contribution in [0.2, 0.25) is 18.1 Å². The molecule has 0 rings (SSSR count). The lowest BCUT2D eigenvalue weighted by molar-refractivity contribution is 0.202. The highest BCUT2D eigenvalue weighted by Gasteiger charge is 2.37. The lowest BCUT2D eigenvalue weighted by atomic mass is 10.2. The molecule has 0 aromatic rings. The maximum atomic E-state index is 11.4. The Morgan fingerprint density at radius 2 is 1.78 bits per heavy atom. The molecule has 0 fully saturated rings. The fourth-order valence-electron chi connectivity index (χ4n) is 1.64. The summed E-state index contributed by atoms with van der Waals surface area (Å²) in [6.07, 6.45) is 5.02. The van der Waals surface area contributed by atoms with E-state index in [2.05, 4.69) is 52.6 Å². The van der Waals surface area contributed by atoms with E-state index >= 15 is 0 Å². The maximum absolute atomic E-state index is 11.4. The molecule has 0 aromatic heterocycles. The van der Waals surface area contributed by atoms with Gasteiger partial charge in [0.25, 0.3) is 10.1 Å². The van der Waals surface area contributed by atoms with Crippen molar-refractivity contribution in [3.63, 3.8) is 0 Å². The Balaban J connectivity index is 4.60. The van der Waals surface area contributed by atoms with Gasteiger partial charge in [-0.15, -0.1) is 5.92 Å². The van der Waals surface area contributed by atoms with Crippen molar-refractivity contribution < 1.29 is 17.0 Å². The Labute approximate surface area is 144 Å². The van der Waals surface area contributed by atoms with Gasteiger partial charge in [0.1, 0.15) is 6.10 Å². The van der Waals surface area contributed by atoms with Gasteiger partial charge in [0.2, 0.25) is 0 Å². The van der Waals surface area contributed by atoms with Crippen molar-refractivity contribution in [1.29, 1.82) is 0 Å². The SMILES string of the molecule is CCCCCC#CC(CCO[Si](C)(C)C(C)(C)C)OS(C)(=O)=O. The second-order valence-electron chi connectivity index (χ2n) is 7.46. The lowest BCUT2D eigenvalue weighted by Gasteiger charge is -2.36. The zero-order chi connectivity index (χ0) is 18.1. The maximum Gasteiger partial charge on any atom is 0.265 e. The van der Waals surface area contributed by atoms with Gasteiger partial charge < -0.3 is 4.43 Å². The zero-order valence-electron chi connectivity index (χ0n) is 15.9. The largest absolute Gasteiger partial charge is 0.417 e. The Kier molecular flexibility index (Phi) is 9.67. The van der Waals surface area contributed by atoms with Crippen molar-refractivity contribution >= 4 is 18.4 Å². The molecule has 1 unspecified atom stereocenters. The molecule has 0 radical (unpaired) electrons. The minimum atomic E-state index is -3.51. The van der Waals surface area contributed by atoms with Crippen LogP contribution in [0.25, 0.3) is 0 Å². The van der Waals surface area contributed by atoms with Gasteiger partial charge in [-0.2, -0.15) is 8.42 Å². The normalized spacial score (nSPS) is 14.2. The van der Waals surface area contributed by atoms with Crippen molar-refractivity contribution in [3.05, 3.63) is 0 Å². The molecule has 0 saturated carbocycles. The molecular formula is C17H34O4SSi. The van der Waals surface area contributed by atoms with E-state index in [1.165, 1.54) is 0 Å². The predicted molar refractivity (Wildman–Crippen MR) is 99.4 cm³/mol. The standard InChI is InChI=1S/C17H34O4SSi/c1-8-9-10-11-12-13-16(21-22(5,18)19)14-15-20-23(6,7)17(2,3)4/h16H,8-11,14-15H2,1-7H3. The van der Waals surface area contributed by atoms with Gasteiger partial charge in [0.05, 0.1) is 6.26 Å². The Hall–Kier alpha value is -0.353. The van der Waals surface area contributed by atoms with E-state index in [0.29, 0.717) is 13.0 Å². The molecule has 1 atom stereocenters. The molecule has 0 aliphatic carbocycles. The Morgan fingerprint density at radius 1 is 1.17 bits per heavy atom. The van der Waals surface area contributed by atoms with Gasteiger partial charge in [-0.25, -0.2) is 0 Å². The van der Waals surface area contributed by atoms with Crippen LogP contribution < -0.4 is 0 Å². The Morgan fingerprint density at radius 3 is 2.26 bits per heavy atom. The predicted octanol–water partition coefficient (Wildman–Crippen LogP) is 4.33. The highest BCUT2D eigenvalue weighted by Crippen LogP contribution is 2.36. The number of hydrogen-bond donors (Lipinski definition) is 0. The summed E-state index contributed by atoms with van der Waals surface area (Å²) in [6, 6.07) is 0. The van der Waals surface area contributed by atoms with Gasteiger partial charge in [-0.1, -0.05) is 46.5 Å². The van der Waals surface area contributed by atoms with Gasteiger partial charge in [-0.3, -0.25) is 4.18 Å². The molecule has 0 amide bonds. The van der Waals surface area contributed by atoms with Crippen LogP contribution in [0.3, 0.4) is 0 Å². The minimum absolute atomic E-state index is 0.131. The van der Waals surface area contributed by atoms with Gasteiger partial charge in [-0.05, 0) is 24.6 Å². The molecule has 0 aliphatic heterocycles. The summed E-state index contributed by atoms with van der Waals surface area (Å²) in [5, 5.41) is 0.131. The quantitative estimate of drug-likeness (QED) is 0.265. The third-order valence-electron chi connectivity index (χ3n) is 4.11. The molecule has 0 saturated heterocycles. The molecule has 0 aliphatic rings. The van der Waals surface area contributed by atoms with E-state index in [9.17, 15) is 8.42 Å². The fraction of sp³-hybridized carbons (Fsp3) is 0.882.